The van der Waals surface area contributed by atoms with Gasteiger partial charge in [-0.05, 0) is 49.4 Å². The average Bonchev–Trinajstić information content (AvgIpc) is 2.33. The van der Waals surface area contributed by atoms with Crippen LogP contribution >= 0.6 is 23.2 Å². The van der Waals surface area contributed by atoms with Gasteiger partial charge in [-0.25, -0.2) is 0 Å². The van der Waals surface area contributed by atoms with Gasteiger partial charge in [0.1, 0.15) is 0 Å². The molecule has 1 N–H and O–H groups in total. The van der Waals surface area contributed by atoms with Gasteiger partial charge in [-0.1, -0.05) is 56.1 Å². The van der Waals surface area contributed by atoms with Crippen LogP contribution in [0.4, 0.5) is 0 Å². The zero-order chi connectivity index (χ0) is 13.5. The van der Waals surface area contributed by atoms with Crippen molar-refractivity contribution in [3.63, 3.8) is 0 Å². The molecular weight excluding hydrogens is 265 g/mol. The minimum absolute atomic E-state index is 0.590. The second kappa shape index (κ2) is 8.04. The van der Waals surface area contributed by atoms with Gasteiger partial charge in [-0.2, -0.15) is 0 Å². The van der Waals surface area contributed by atoms with Gasteiger partial charge in [-0.3, -0.25) is 0 Å². The molecule has 0 heterocycles. The highest BCUT2D eigenvalue weighted by Gasteiger charge is 2.16. The van der Waals surface area contributed by atoms with Gasteiger partial charge in [0.2, 0.25) is 0 Å². The highest BCUT2D eigenvalue weighted by molar-refractivity contribution is 6.42. The summed E-state index contributed by atoms with van der Waals surface area (Å²) < 4.78 is 0. The van der Waals surface area contributed by atoms with Crippen LogP contribution < -0.4 is 5.32 Å². The lowest BCUT2D eigenvalue weighted by Gasteiger charge is -2.22. The van der Waals surface area contributed by atoms with Crippen molar-refractivity contribution in [1.29, 1.82) is 0 Å². The summed E-state index contributed by atoms with van der Waals surface area (Å²) in [6, 6.07) is 5.89. The van der Waals surface area contributed by atoms with Gasteiger partial charge in [0.05, 0.1) is 10.0 Å². The van der Waals surface area contributed by atoms with E-state index in [1.54, 1.807) is 0 Å². The van der Waals surface area contributed by atoms with E-state index in [1.165, 1.54) is 6.42 Å². The Morgan fingerprint density at radius 1 is 1.22 bits per heavy atom. The SMILES string of the molecule is CCCNCC(Cc1cccc(Cl)c1Cl)C(C)C. The van der Waals surface area contributed by atoms with E-state index in [0.29, 0.717) is 21.9 Å². The first kappa shape index (κ1) is 15.8. The van der Waals surface area contributed by atoms with Crippen LogP contribution in [0.1, 0.15) is 32.8 Å². The summed E-state index contributed by atoms with van der Waals surface area (Å²) in [7, 11) is 0. The lowest BCUT2D eigenvalue weighted by molar-refractivity contribution is 0.361. The number of benzene rings is 1. The summed E-state index contributed by atoms with van der Waals surface area (Å²) in [5.74, 6) is 1.22. The fourth-order valence-electron chi connectivity index (χ4n) is 2.00. The second-order valence-corrected chi connectivity index (χ2v) is 5.91. The maximum atomic E-state index is 6.25. The van der Waals surface area contributed by atoms with Crippen LogP contribution in [0.25, 0.3) is 0 Å². The molecule has 0 aliphatic rings. The first-order chi connectivity index (χ1) is 8.56. The molecule has 1 aromatic carbocycles. The Labute approximate surface area is 121 Å². The van der Waals surface area contributed by atoms with E-state index < -0.39 is 0 Å². The monoisotopic (exact) mass is 287 g/mol. The molecule has 0 radical (unpaired) electrons. The van der Waals surface area contributed by atoms with Crippen LogP contribution in [0.15, 0.2) is 18.2 Å². The third-order valence-electron chi connectivity index (χ3n) is 3.29. The Balaban J connectivity index is 2.68. The van der Waals surface area contributed by atoms with Crippen molar-refractivity contribution in [3.8, 4) is 0 Å². The third kappa shape index (κ3) is 4.79. The molecule has 0 aromatic heterocycles. The highest BCUT2D eigenvalue weighted by atomic mass is 35.5. The topological polar surface area (TPSA) is 12.0 Å². The van der Waals surface area contributed by atoms with E-state index >= 15 is 0 Å². The predicted molar refractivity (Wildman–Crippen MR) is 81.7 cm³/mol. The summed E-state index contributed by atoms with van der Waals surface area (Å²) in [6.45, 7) is 8.82. The van der Waals surface area contributed by atoms with Crippen molar-refractivity contribution in [1.82, 2.24) is 5.32 Å². The maximum Gasteiger partial charge on any atom is 0.0624 e. The fourth-order valence-corrected chi connectivity index (χ4v) is 2.39. The van der Waals surface area contributed by atoms with Crippen LogP contribution in [0.3, 0.4) is 0 Å². The largest absolute Gasteiger partial charge is 0.316 e. The summed E-state index contributed by atoms with van der Waals surface area (Å²) in [6.07, 6.45) is 2.15. The Morgan fingerprint density at radius 3 is 2.56 bits per heavy atom. The van der Waals surface area contributed by atoms with Crippen LogP contribution in [-0.2, 0) is 6.42 Å². The molecule has 0 saturated carbocycles. The second-order valence-electron chi connectivity index (χ2n) is 5.13. The first-order valence-corrected chi connectivity index (χ1v) is 7.45. The normalized spacial score (nSPS) is 13.0. The molecule has 0 aliphatic carbocycles. The van der Waals surface area contributed by atoms with Gasteiger partial charge in [0.25, 0.3) is 0 Å². The summed E-state index contributed by atoms with van der Waals surface area (Å²) in [5.41, 5.74) is 1.15. The minimum Gasteiger partial charge on any atom is -0.316 e. The van der Waals surface area contributed by atoms with Gasteiger partial charge >= 0.3 is 0 Å². The summed E-state index contributed by atoms with van der Waals surface area (Å²) in [4.78, 5) is 0. The van der Waals surface area contributed by atoms with Gasteiger partial charge in [0, 0.05) is 0 Å². The van der Waals surface area contributed by atoms with E-state index in [9.17, 15) is 0 Å². The molecule has 0 amide bonds. The molecule has 1 aromatic rings. The lowest BCUT2D eigenvalue weighted by Crippen LogP contribution is -2.28. The molecule has 1 nitrogen and oxygen atoms in total. The number of rotatable bonds is 7. The van der Waals surface area contributed by atoms with E-state index in [0.717, 1.165) is 25.1 Å². The molecule has 0 fully saturated rings. The summed E-state index contributed by atoms with van der Waals surface area (Å²) >= 11 is 12.3. The number of halogens is 2. The van der Waals surface area contributed by atoms with Gasteiger partial charge in [0.15, 0.2) is 0 Å². The molecule has 0 aliphatic heterocycles. The van der Waals surface area contributed by atoms with E-state index in [1.807, 2.05) is 12.1 Å². The van der Waals surface area contributed by atoms with Gasteiger partial charge in [-0.15, -0.1) is 0 Å². The number of hydrogen-bond donors (Lipinski definition) is 1. The summed E-state index contributed by atoms with van der Waals surface area (Å²) in [5, 5.41) is 4.85. The van der Waals surface area contributed by atoms with Crippen LogP contribution in [0, 0.1) is 11.8 Å². The first-order valence-electron chi connectivity index (χ1n) is 6.69. The van der Waals surface area contributed by atoms with Crippen molar-refractivity contribution in [2.75, 3.05) is 13.1 Å². The molecule has 1 atom stereocenters. The molecule has 1 unspecified atom stereocenters. The smallest absolute Gasteiger partial charge is 0.0624 e. The van der Waals surface area contributed by atoms with E-state index in [2.05, 4.69) is 32.2 Å². The standard InChI is InChI=1S/C15H23Cl2N/c1-4-8-18-10-13(11(2)3)9-12-6-5-7-14(16)15(12)17/h5-7,11,13,18H,4,8-10H2,1-3H3. The molecule has 0 spiro atoms. The van der Waals surface area contributed by atoms with E-state index in [4.69, 9.17) is 23.2 Å². The Kier molecular flexibility index (Phi) is 7.06. The lowest BCUT2D eigenvalue weighted by atomic mass is 9.89. The fraction of sp³-hybridized carbons (Fsp3) is 0.600. The zero-order valence-corrected chi connectivity index (χ0v) is 13.0. The zero-order valence-electron chi connectivity index (χ0n) is 11.5. The number of nitrogens with one attached hydrogen (secondary N) is 1. The highest BCUT2D eigenvalue weighted by Crippen LogP contribution is 2.28. The third-order valence-corrected chi connectivity index (χ3v) is 4.15. The maximum absolute atomic E-state index is 6.25. The molecule has 0 saturated heterocycles. The van der Waals surface area contributed by atoms with Crippen molar-refractivity contribution in [2.45, 2.75) is 33.6 Å². The van der Waals surface area contributed by atoms with Crippen LogP contribution in [0.5, 0.6) is 0 Å². The Hall–Kier alpha value is -0.240. The molecule has 3 heteroatoms. The predicted octanol–water partition coefficient (Wildman–Crippen LogP) is 4.81. The van der Waals surface area contributed by atoms with Crippen molar-refractivity contribution < 1.29 is 0 Å². The Morgan fingerprint density at radius 2 is 1.94 bits per heavy atom. The molecular formula is C15H23Cl2N. The van der Waals surface area contributed by atoms with Crippen LogP contribution in [-0.4, -0.2) is 13.1 Å². The van der Waals surface area contributed by atoms with Crippen molar-refractivity contribution in [3.05, 3.63) is 33.8 Å². The quantitative estimate of drug-likeness (QED) is 0.710. The van der Waals surface area contributed by atoms with Crippen molar-refractivity contribution >= 4 is 23.2 Å². The van der Waals surface area contributed by atoms with E-state index in [-0.39, 0.29) is 0 Å². The Bertz CT molecular complexity index is 364. The number of hydrogen-bond acceptors (Lipinski definition) is 1. The van der Waals surface area contributed by atoms with Crippen LogP contribution in [0.2, 0.25) is 10.0 Å². The minimum atomic E-state index is 0.590. The molecule has 0 bridgehead atoms. The molecule has 18 heavy (non-hydrogen) atoms. The van der Waals surface area contributed by atoms with Crippen molar-refractivity contribution in [2.24, 2.45) is 11.8 Å². The average molecular weight is 288 g/mol. The molecule has 102 valence electrons. The van der Waals surface area contributed by atoms with Gasteiger partial charge < -0.3 is 5.32 Å². The molecule has 1 rings (SSSR count).